The number of hydrogen-bond donors (Lipinski definition) is 0. The zero-order chi connectivity index (χ0) is 14.7. The fourth-order valence-electron chi connectivity index (χ4n) is 1.56. The van der Waals surface area contributed by atoms with Crippen LogP contribution in [-0.4, -0.2) is 9.91 Å². The minimum atomic E-state index is -0.653. The number of benzene rings is 1. The number of rotatable bonds is 3. The van der Waals surface area contributed by atoms with Gasteiger partial charge < -0.3 is 4.74 Å². The van der Waals surface area contributed by atoms with Crippen LogP contribution >= 0.6 is 15.9 Å². The van der Waals surface area contributed by atoms with Crippen LogP contribution in [0.5, 0.6) is 11.6 Å². The van der Waals surface area contributed by atoms with Gasteiger partial charge in [-0.15, -0.1) is 0 Å². The fourth-order valence-corrected chi connectivity index (χ4v) is 2.04. The van der Waals surface area contributed by atoms with E-state index < -0.39 is 4.92 Å². The Kier molecular flexibility index (Phi) is 3.96. The van der Waals surface area contributed by atoms with Gasteiger partial charge in [0.15, 0.2) is 0 Å². The minimum Gasteiger partial charge on any atom is -0.439 e. The first kappa shape index (κ1) is 14.0. The molecule has 0 aliphatic heterocycles. The third-order valence-electron chi connectivity index (χ3n) is 2.50. The summed E-state index contributed by atoms with van der Waals surface area (Å²) >= 11 is 3.34. The highest BCUT2D eigenvalue weighted by Crippen LogP contribution is 2.28. The van der Waals surface area contributed by atoms with Gasteiger partial charge in [-0.1, -0.05) is 15.9 Å². The van der Waals surface area contributed by atoms with Crippen LogP contribution in [0.25, 0.3) is 0 Å². The Morgan fingerprint density at radius 1 is 1.40 bits per heavy atom. The molecule has 0 bridgehead atoms. The second-order valence-corrected chi connectivity index (χ2v) is 4.81. The van der Waals surface area contributed by atoms with Crippen molar-refractivity contribution in [1.29, 1.82) is 5.26 Å². The molecule has 20 heavy (non-hydrogen) atoms. The van der Waals surface area contributed by atoms with E-state index in [1.165, 1.54) is 12.1 Å². The van der Waals surface area contributed by atoms with Crippen molar-refractivity contribution in [2.45, 2.75) is 6.92 Å². The van der Waals surface area contributed by atoms with Crippen LogP contribution in [-0.2, 0) is 0 Å². The van der Waals surface area contributed by atoms with Crippen LogP contribution in [0, 0.1) is 28.4 Å². The van der Waals surface area contributed by atoms with Crippen molar-refractivity contribution in [1.82, 2.24) is 4.98 Å². The third-order valence-corrected chi connectivity index (χ3v) is 3.00. The molecule has 0 aliphatic rings. The topological polar surface area (TPSA) is 89.0 Å². The Bertz CT molecular complexity index is 725. The van der Waals surface area contributed by atoms with E-state index in [1.807, 2.05) is 13.0 Å². The van der Waals surface area contributed by atoms with Gasteiger partial charge in [-0.25, -0.2) is 0 Å². The van der Waals surface area contributed by atoms with Gasteiger partial charge in [0.05, 0.1) is 4.92 Å². The number of nitrogens with zero attached hydrogens (tertiary/aromatic N) is 3. The first-order chi connectivity index (χ1) is 9.51. The minimum absolute atomic E-state index is 0.137. The summed E-state index contributed by atoms with van der Waals surface area (Å²) in [5.41, 5.74) is 0.257. The smallest absolute Gasteiger partial charge is 0.305 e. The Labute approximate surface area is 122 Å². The monoisotopic (exact) mass is 333 g/mol. The van der Waals surface area contributed by atoms with Crippen molar-refractivity contribution in [2.75, 3.05) is 0 Å². The Morgan fingerprint density at radius 2 is 2.15 bits per heavy atom. The van der Waals surface area contributed by atoms with E-state index in [1.54, 1.807) is 18.2 Å². The van der Waals surface area contributed by atoms with Crippen molar-refractivity contribution in [3.05, 3.63) is 56.2 Å². The molecule has 1 aromatic carbocycles. The number of pyridine rings is 1. The Balaban J connectivity index is 2.35. The number of aryl methyl sites for hydroxylation is 1. The number of hydrogen-bond acceptors (Lipinski definition) is 5. The molecule has 0 atom stereocenters. The highest BCUT2D eigenvalue weighted by molar-refractivity contribution is 9.10. The van der Waals surface area contributed by atoms with Gasteiger partial charge in [0.25, 0.3) is 0 Å². The number of aromatic nitrogens is 1. The number of nitro groups is 1. The summed E-state index contributed by atoms with van der Waals surface area (Å²) in [7, 11) is 0. The van der Waals surface area contributed by atoms with E-state index in [-0.39, 0.29) is 17.3 Å². The normalized spacial score (nSPS) is 9.85. The van der Waals surface area contributed by atoms with Crippen LogP contribution in [0.3, 0.4) is 0 Å². The molecule has 6 nitrogen and oxygen atoms in total. The first-order valence-electron chi connectivity index (χ1n) is 5.51. The van der Waals surface area contributed by atoms with Gasteiger partial charge >= 0.3 is 5.69 Å². The summed E-state index contributed by atoms with van der Waals surface area (Å²) in [6, 6.07) is 9.67. The molecule has 2 aromatic rings. The summed E-state index contributed by atoms with van der Waals surface area (Å²) in [6.07, 6.45) is 0. The molecule has 0 saturated heterocycles. The molecule has 2 rings (SSSR count). The number of ether oxygens (including phenoxy) is 1. The molecule has 0 fully saturated rings. The summed E-state index contributed by atoms with van der Waals surface area (Å²) in [5, 5.41) is 19.6. The van der Waals surface area contributed by atoms with Crippen LogP contribution in [0.15, 0.2) is 34.8 Å². The molecule has 7 heteroatoms. The van der Waals surface area contributed by atoms with Crippen LogP contribution in [0.4, 0.5) is 5.69 Å². The maximum absolute atomic E-state index is 10.7. The molecule has 100 valence electrons. The lowest BCUT2D eigenvalue weighted by molar-refractivity contribution is -0.385. The molecular formula is C13H8BrN3O3. The average molecular weight is 334 g/mol. The second-order valence-electron chi connectivity index (χ2n) is 3.90. The summed E-state index contributed by atoms with van der Waals surface area (Å²) in [6.45, 7) is 1.86. The highest BCUT2D eigenvalue weighted by atomic mass is 79.9. The zero-order valence-electron chi connectivity index (χ0n) is 10.3. The molecule has 0 spiro atoms. The van der Waals surface area contributed by atoms with Crippen molar-refractivity contribution in [3.8, 4) is 17.7 Å². The van der Waals surface area contributed by atoms with Crippen molar-refractivity contribution in [2.24, 2.45) is 0 Å². The Hall–Kier alpha value is -2.46. The SMILES string of the molecule is Cc1cc(Br)ccc1Oc1ccc([N+](=O)[O-])c(C#N)n1. The average Bonchev–Trinajstić information content (AvgIpc) is 2.41. The maximum Gasteiger partial charge on any atom is 0.305 e. The molecule has 1 heterocycles. The van der Waals surface area contributed by atoms with Gasteiger partial charge in [0.1, 0.15) is 11.8 Å². The summed E-state index contributed by atoms with van der Waals surface area (Å²) in [5.74, 6) is 0.705. The van der Waals surface area contributed by atoms with E-state index in [0.717, 1.165) is 10.0 Å². The lowest BCUT2D eigenvalue weighted by Gasteiger charge is -2.08. The molecular weight excluding hydrogens is 326 g/mol. The third kappa shape index (κ3) is 2.92. The fraction of sp³-hybridized carbons (Fsp3) is 0.0769. The van der Waals surface area contributed by atoms with Gasteiger partial charge in [-0.05, 0) is 30.7 Å². The molecule has 0 unspecified atom stereocenters. The van der Waals surface area contributed by atoms with Crippen LogP contribution in [0.1, 0.15) is 11.3 Å². The van der Waals surface area contributed by atoms with Crippen molar-refractivity contribution >= 4 is 21.6 Å². The maximum atomic E-state index is 10.7. The second kappa shape index (κ2) is 5.67. The number of nitriles is 1. The predicted molar refractivity (Wildman–Crippen MR) is 74.6 cm³/mol. The van der Waals surface area contributed by atoms with Crippen LogP contribution in [0.2, 0.25) is 0 Å². The lowest BCUT2D eigenvalue weighted by Crippen LogP contribution is -1.97. The van der Waals surface area contributed by atoms with E-state index in [9.17, 15) is 10.1 Å². The van der Waals surface area contributed by atoms with Gasteiger partial charge in [0.2, 0.25) is 11.6 Å². The Morgan fingerprint density at radius 3 is 2.75 bits per heavy atom. The van der Waals surface area contributed by atoms with E-state index >= 15 is 0 Å². The van der Waals surface area contributed by atoms with E-state index in [2.05, 4.69) is 20.9 Å². The molecule has 0 radical (unpaired) electrons. The zero-order valence-corrected chi connectivity index (χ0v) is 11.9. The quantitative estimate of drug-likeness (QED) is 0.630. The van der Waals surface area contributed by atoms with Crippen molar-refractivity contribution in [3.63, 3.8) is 0 Å². The van der Waals surface area contributed by atoms with Gasteiger partial charge in [0, 0.05) is 16.6 Å². The lowest BCUT2D eigenvalue weighted by atomic mass is 10.2. The molecule has 1 aromatic heterocycles. The molecule has 0 saturated carbocycles. The molecule has 0 amide bonds. The van der Waals surface area contributed by atoms with E-state index in [4.69, 9.17) is 10.00 Å². The summed E-state index contributed by atoms with van der Waals surface area (Å²) in [4.78, 5) is 13.9. The summed E-state index contributed by atoms with van der Waals surface area (Å²) < 4.78 is 6.45. The van der Waals surface area contributed by atoms with Gasteiger partial charge in [-0.3, -0.25) is 10.1 Å². The van der Waals surface area contributed by atoms with E-state index in [0.29, 0.717) is 5.75 Å². The van der Waals surface area contributed by atoms with Crippen molar-refractivity contribution < 1.29 is 9.66 Å². The molecule has 0 aliphatic carbocycles. The predicted octanol–water partition coefficient (Wildman–Crippen LogP) is 3.72. The van der Waals surface area contributed by atoms with Crippen LogP contribution < -0.4 is 4.74 Å². The standard InChI is InChI=1S/C13H8BrN3O3/c1-8-6-9(14)2-4-12(8)20-13-5-3-11(17(18)19)10(7-15)16-13/h2-6H,1H3. The highest BCUT2D eigenvalue weighted by Gasteiger charge is 2.16. The molecule has 0 N–H and O–H groups in total. The van der Waals surface area contributed by atoms with Gasteiger partial charge in [-0.2, -0.15) is 10.2 Å². The number of halogens is 1. The largest absolute Gasteiger partial charge is 0.439 e. The first-order valence-corrected chi connectivity index (χ1v) is 6.30.